The number of hydrogen-bond donors (Lipinski definition) is 1. The first-order valence-electron chi connectivity index (χ1n) is 5.49. The summed E-state index contributed by atoms with van der Waals surface area (Å²) < 4.78 is 0. The van der Waals surface area contributed by atoms with Gasteiger partial charge in [-0.25, -0.2) is 0 Å². The van der Waals surface area contributed by atoms with Gasteiger partial charge in [0.2, 0.25) is 0 Å². The standard InChI is InChI=1S/C14H15NOS/c1-10-3-5-13-8-11(4-6-12(13)7-10)9-15(2)14(16)17/h3-8H,9H2,1-2H3,(H,16,17). The molecular formula is C14H15NOS. The molecule has 0 radical (unpaired) electrons. The van der Waals surface area contributed by atoms with Gasteiger partial charge in [0.15, 0.2) is 0 Å². The maximum absolute atomic E-state index is 11.0. The second kappa shape index (κ2) is 4.80. The van der Waals surface area contributed by atoms with Gasteiger partial charge in [-0.05, 0) is 29.3 Å². The van der Waals surface area contributed by atoms with Gasteiger partial charge in [-0.15, -0.1) is 0 Å². The van der Waals surface area contributed by atoms with Gasteiger partial charge in [0, 0.05) is 13.6 Å². The van der Waals surface area contributed by atoms with Crippen LogP contribution >= 0.6 is 12.6 Å². The van der Waals surface area contributed by atoms with Crippen LogP contribution in [0.15, 0.2) is 36.4 Å². The summed E-state index contributed by atoms with van der Waals surface area (Å²) in [4.78, 5) is 12.6. The summed E-state index contributed by atoms with van der Waals surface area (Å²) in [7, 11) is 1.74. The molecule has 0 saturated heterocycles. The number of aryl methyl sites for hydroxylation is 1. The highest BCUT2D eigenvalue weighted by atomic mass is 32.1. The largest absolute Gasteiger partial charge is 0.333 e. The van der Waals surface area contributed by atoms with Crippen LogP contribution in [0.1, 0.15) is 11.1 Å². The van der Waals surface area contributed by atoms with E-state index in [1.54, 1.807) is 11.9 Å². The van der Waals surface area contributed by atoms with Crippen LogP contribution in [-0.2, 0) is 6.54 Å². The fraction of sp³-hybridized carbons (Fsp3) is 0.214. The molecule has 3 heteroatoms. The molecular weight excluding hydrogens is 230 g/mol. The summed E-state index contributed by atoms with van der Waals surface area (Å²) in [5, 5.41) is 2.22. The Hall–Kier alpha value is -1.48. The third-order valence-electron chi connectivity index (χ3n) is 2.81. The Labute approximate surface area is 107 Å². The minimum absolute atomic E-state index is 0.214. The van der Waals surface area contributed by atoms with Crippen molar-refractivity contribution < 1.29 is 4.79 Å². The summed E-state index contributed by atoms with van der Waals surface area (Å²) in [6.45, 7) is 2.67. The normalized spacial score (nSPS) is 10.5. The van der Waals surface area contributed by atoms with Crippen LogP contribution in [0, 0.1) is 6.92 Å². The molecule has 0 aliphatic carbocycles. The van der Waals surface area contributed by atoms with E-state index in [-0.39, 0.29) is 5.24 Å². The predicted octanol–water partition coefficient (Wildman–Crippen LogP) is 3.63. The average molecular weight is 245 g/mol. The maximum Gasteiger partial charge on any atom is 0.278 e. The number of nitrogens with zero attached hydrogens (tertiary/aromatic N) is 1. The summed E-state index contributed by atoms with van der Waals surface area (Å²) in [6, 6.07) is 12.6. The van der Waals surface area contributed by atoms with Crippen LogP contribution in [0.2, 0.25) is 0 Å². The molecule has 88 valence electrons. The van der Waals surface area contributed by atoms with E-state index >= 15 is 0 Å². The van der Waals surface area contributed by atoms with Crippen molar-refractivity contribution in [3.05, 3.63) is 47.5 Å². The molecule has 0 saturated carbocycles. The third-order valence-corrected chi connectivity index (χ3v) is 3.15. The van der Waals surface area contributed by atoms with Crippen LogP contribution in [-0.4, -0.2) is 17.2 Å². The van der Waals surface area contributed by atoms with Gasteiger partial charge in [-0.2, -0.15) is 0 Å². The van der Waals surface area contributed by atoms with Crippen molar-refractivity contribution in [2.75, 3.05) is 7.05 Å². The molecule has 0 unspecified atom stereocenters. The van der Waals surface area contributed by atoms with Gasteiger partial charge in [-0.1, -0.05) is 48.5 Å². The Morgan fingerprint density at radius 1 is 1.18 bits per heavy atom. The number of amides is 1. The lowest BCUT2D eigenvalue weighted by molar-refractivity contribution is 0.232. The van der Waals surface area contributed by atoms with Crippen molar-refractivity contribution in [3.63, 3.8) is 0 Å². The highest BCUT2D eigenvalue weighted by Crippen LogP contribution is 2.18. The monoisotopic (exact) mass is 245 g/mol. The molecule has 0 aliphatic heterocycles. The van der Waals surface area contributed by atoms with E-state index in [1.807, 2.05) is 0 Å². The summed E-state index contributed by atoms with van der Waals surface area (Å²) >= 11 is 3.80. The maximum atomic E-state index is 11.0. The van der Waals surface area contributed by atoms with Crippen molar-refractivity contribution >= 4 is 28.6 Å². The average Bonchev–Trinajstić information content (AvgIpc) is 2.29. The topological polar surface area (TPSA) is 20.3 Å². The van der Waals surface area contributed by atoms with Gasteiger partial charge < -0.3 is 4.90 Å². The van der Waals surface area contributed by atoms with Crippen molar-refractivity contribution in [2.45, 2.75) is 13.5 Å². The number of hydrogen-bond acceptors (Lipinski definition) is 1. The summed E-state index contributed by atoms with van der Waals surface area (Å²) in [6.07, 6.45) is 0. The summed E-state index contributed by atoms with van der Waals surface area (Å²) in [5.41, 5.74) is 2.37. The molecule has 0 atom stereocenters. The van der Waals surface area contributed by atoms with E-state index in [0.29, 0.717) is 6.54 Å². The van der Waals surface area contributed by atoms with Crippen LogP contribution < -0.4 is 0 Å². The van der Waals surface area contributed by atoms with Crippen molar-refractivity contribution in [1.29, 1.82) is 0 Å². The van der Waals surface area contributed by atoms with Gasteiger partial charge in [0.05, 0.1) is 0 Å². The number of fused-ring (bicyclic) bond motifs is 1. The zero-order valence-corrected chi connectivity index (χ0v) is 10.9. The first-order chi connectivity index (χ1) is 8.06. The van der Waals surface area contributed by atoms with E-state index in [0.717, 1.165) is 5.56 Å². The van der Waals surface area contributed by atoms with Crippen molar-refractivity contribution in [1.82, 2.24) is 4.90 Å². The Bertz CT molecular complexity index is 565. The minimum Gasteiger partial charge on any atom is -0.333 e. The second-order valence-corrected chi connectivity index (χ2v) is 4.71. The smallest absolute Gasteiger partial charge is 0.278 e. The van der Waals surface area contributed by atoms with E-state index in [1.165, 1.54) is 16.3 Å². The predicted molar refractivity (Wildman–Crippen MR) is 74.5 cm³/mol. The third kappa shape index (κ3) is 2.80. The molecule has 17 heavy (non-hydrogen) atoms. The molecule has 2 nitrogen and oxygen atoms in total. The lowest BCUT2D eigenvalue weighted by atomic mass is 10.0. The molecule has 0 N–H and O–H groups in total. The number of carbonyl (C=O) groups excluding carboxylic acids is 1. The first-order valence-corrected chi connectivity index (χ1v) is 5.94. The van der Waals surface area contributed by atoms with Crippen molar-refractivity contribution in [3.8, 4) is 0 Å². The Kier molecular flexibility index (Phi) is 3.38. The van der Waals surface area contributed by atoms with Gasteiger partial charge >= 0.3 is 0 Å². The number of benzene rings is 2. The number of rotatable bonds is 2. The lowest BCUT2D eigenvalue weighted by Crippen LogP contribution is -2.20. The molecule has 0 spiro atoms. The van der Waals surface area contributed by atoms with Crippen LogP contribution in [0.5, 0.6) is 0 Å². The molecule has 0 bridgehead atoms. The fourth-order valence-electron chi connectivity index (χ4n) is 1.85. The first kappa shape index (κ1) is 12.0. The minimum atomic E-state index is -0.214. The van der Waals surface area contributed by atoms with Crippen LogP contribution in [0.4, 0.5) is 4.79 Å². The zero-order chi connectivity index (χ0) is 12.4. The van der Waals surface area contributed by atoms with Gasteiger partial charge in [-0.3, -0.25) is 4.79 Å². The molecule has 0 aromatic heterocycles. The molecule has 2 rings (SSSR count). The molecule has 0 heterocycles. The lowest BCUT2D eigenvalue weighted by Gasteiger charge is -2.14. The number of thiol groups is 1. The molecule has 2 aromatic carbocycles. The van der Waals surface area contributed by atoms with Crippen LogP contribution in [0.3, 0.4) is 0 Å². The van der Waals surface area contributed by atoms with E-state index in [4.69, 9.17) is 0 Å². The molecule has 2 aromatic rings. The van der Waals surface area contributed by atoms with Gasteiger partial charge in [0.1, 0.15) is 0 Å². The fourth-order valence-corrected chi connectivity index (χ4v) is 1.93. The van der Waals surface area contributed by atoms with Gasteiger partial charge in [0.25, 0.3) is 5.24 Å². The zero-order valence-electron chi connectivity index (χ0n) is 9.97. The Morgan fingerprint density at radius 2 is 1.82 bits per heavy atom. The van der Waals surface area contributed by atoms with E-state index < -0.39 is 0 Å². The highest BCUT2D eigenvalue weighted by molar-refractivity contribution is 7.96. The Morgan fingerprint density at radius 3 is 2.53 bits per heavy atom. The Balaban J connectivity index is 2.32. The number of carbonyl (C=O) groups is 1. The summed E-state index contributed by atoms with van der Waals surface area (Å²) in [5.74, 6) is 0. The molecule has 1 amide bonds. The van der Waals surface area contributed by atoms with Crippen molar-refractivity contribution in [2.24, 2.45) is 0 Å². The quantitative estimate of drug-likeness (QED) is 0.801. The highest BCUT2D eigenvalue weighted by Gasteiger charge is 2.04. The van der Waals surface area contributed by atoms with E-state index in [9.17, 15) is 4.79 Å². The second-order valence-electron chi connectivity index (χ2n) is 4.32. The van der Waals surface area contributed by atoms with E-state index in [2.05, 4.69) is 56.0 Å². The van der Waals surface area contributed by atoms with Crippen LogP contribution in [0.25, 0.3) is 10.8 Å². The molecule has 0 aliphatic rings. The SMILES string of the molecule is Cc1ccc2cc(CN(C)C(=O)S)ccc2c1. The molecule has 0 fully saturated rings.